The Labute approximate surface area is 200 Å². The first kappa shape index (κ1) is 23.0. The van der Waals surface area contributed by atoms with E-state index in [0.29, 0.717) is 22.2 Å². The van der Waals surface area contributed by atoms with E-state index < -0.39 is 11.1 Å². The van der Waals surface area contributed by atoms with Crippen LogP contribution in [0.5, 0.6) is 5.75 Å². The Morgan fingerprint density at radius 3 is 2.56 bits per heavy atom. The van der Waals surface area contributed by atoms with Gasteiger partial charge in [-0.2, -0.15) is 5.26 Å². The van der Waals surface area contributed by atoms with Gasteiger partial charge in [-0.3, -0.25) is 9.36 Å². The molecule has 4 aromatic rings. The molecule has 9 heteroatoms. The zero-order valence-corrected chi connectivity index (χ0v) is 19.0. The molecule has 0 aliphatic rings. The van der Waals surface area contributed by atoms with Crippen molar-refractivity contribution in [1.29, 1.82) is 5.26 Å². The number of rotatable bonds is 8. The standard InChI is InChI=1S/C25H20FN5O2S/c1-17(24(32)28-21-13-7-5-9-18(21)15-27)34-25-30-29-23(31(25)19-10-3-2-4-11-19)16-33-22-14-8-6-12-20(22)26/h2-14,17H,16H2,1H3,(H,28,32). The molecular formula is C25H20FN5O2S. The van der Waals surface area contributed by atoms with Crippen molar-refractivity contribution in [2.75, 3.05) is 5.32 Å². The zero-order chi connectivity index (χ0) is 23.9. The highest BCUT2D eigenvalue weighted by atomic mass is 32.2. The first-order chi connectivity index (χ1) is 16.6. The number of nitrogens with zero attached hydrogens (tertiary/aromatic N) is 4. The van der Waals surface area contributed by atoms with Crippen molar-refractivity contribution >= 4 is 23.4 Å². The molecule has 7 nitrogen and oxygen atoms in total. The van der Waals surface area contributed by atoms with Crippen LogP contribution in [0.4, 0.5) is 10.1 Å². The maximum atomic E-state index is 14.0. The Balaban J connectivity index is 1.56. The van der Waals surface area contributed by atoms with E-state index in [2.05, 4.69) is 21.6 Å². The van der Waals surface area contributed by atoms with Gasteiger partial charge in [0.2, 0.25) is 5.91 Å². The molecule has 1 atom stereocenters. The van der Waals surface area contributed by atoms with Crippen molar-refractivity contribution in [3.05, 3.63) is 96.1 Å². The number of ether oxygens (including phenoxy) is 1. The minimum absolute atomic E-state index is 0.0144. The number of anilines is 1. The summed E-state index contributed by atoms with van der Waals surface area (Å²) in [5.74, 6) is -0.173. The molecule has 170 valence electrons. The Kier molecular flexibility index (Phi) is 7.20. The highest BCUT2D eigenvalue weighted by Gasteiger charge is 2.22. The van der Waals surface area contributed by atoms with E-state index >= 15 is 0 Å². The van der Waals surface area contributed by atoms with Gasteiger partial charge in [-0.05, 0) is 43.3 Å². The SMILES string of the molecule is CC(Sc1nnc(COc2ccccc2F)n1-c1ccccc1)C(=O)Nc1ccccc1C#N. The van der Waals surface area contributed by atoms with Gasteiger partial charge < -0.3 is 10.1 Å². The molecule has 1 heterocycles. The van der Waals surface area contributed by atoms with E-state index in [1.165, 1.54) is 17.8 Å². The number of halogens is 1. The fourth-order valence-electron chi connectivity index (χ4n) is 3.15. The van der Waals surface area contributed by atoms with Crippen molar-refractivity contribution in [2.24, 2.45) is 0 Å². The van der Waals surface area contributed by atoms with Crippen LogP contribution in [0.25, 0.3) is 5.69 Å². The molecule has 1 aromatic heterocycles. The smallest absolute Gasteiger partial charge is 0.237 e. The normalized spacial score (nSPS) is 11.4. The van der Waals surface area contributed by atoms with Crippen molar-refractivity contribution in [2.45, 2.75) is 23.9 Å². The van der Waals surface area contributed by atoms with E-state index in [1.807, 2.05) is 30.3 Å². The second-order valence-corrected chi connectivity index (χ2v) is 8.50. The fraction of sp³-hybridized carbons (Fsp3) is 0.120. The lowest BCUT2D eigenvalue weighted by molar-refractivity contribution is -0.115. The second kappa shape index (κ2) is 10.6. The van der Waals surface area contributed by atoms with Crippen LogP contribution in [0, 0.1) is 17.1 Å². The van der Waals surface area contributed by atoms with E-state index in [1.54, 1.807) is 54.0 Å². The zero-order valence-electron chi connectivity index (χ0n) is 18.2. The molecule has 0 spiro atoms. The summed E-state index contributed by atoms with van der Waals surface area (Å²) in [5.41, 5.74) is 1.61. The summed E-state index contributed by atoms with van der Waals surface area (Å²) in [6.45, 7) is 1.73. The maximum absolute atomic E-state index is 14.0. The average Bonchev–Trinajstić information content (AvgIpc) is 3.26. The lowest BCUT2D eigenvalue weighted by atomic mass is 10.2. The number of nitrogens with one attached hydrogen (secondary N) is 1. The molecule has 0 aliphatic carbocycles. The van der Waals surface area contributed by atoms with Crippen LogP contribution in [0.3, 0.4) is 0 Å². The van der Waals surface area contributed by atoms with Crippen LogP contribution in [-0.2, 0) is 11.4 Å². The largest absolute Gasteiger partial charge is 0.483 e. The van der Waals surface area contributed by atoms with Gasteiger partial charge in [0.25, 0.3) is 0 Å². The molecule has 0 bridgehead atoms. The van der Waals surface area contributed by atoms with E-state index in [-0.39, 0.29) is 18.3 Å². The summed E-state index contributed by atoms with van der Waals surface area (Å²) in [7, 11) is 0. The molecule has 0 aliphatic heterocycles. The van der Waals surface area contributed by atoms with Gasteiger partial charge in [-0.15, -0.1) is 10.2 Å². The van der Waals surface area contributed by atoms with Gasteiger partial charge in [0.1, 0.15) is 12.7 Å². The molecular weight excluding hydrogens is 453 g/mol. The molecule has 0 saturated heterocycles. The number of hydrogen-bond acceptors (Lipinski definition) is 6. The van der Waals surface area contributed by atoms with Crippen LogP contribution in [0.1, 0.15) is 18.3 Å². The van der Waals surface area contributed by atoms with E-state index in [0.717, 1.165) is 5.69 Å². The molecule has 0 saturated carbocycles. The Hall–Kier alpha value is -4.16. The van der Waals surface area contributed by atoms with Crippen LogP contribution in [0.2, 0.25) is 0 Å². The van der Waals surface area contributed by atoms with E-state index in [4.69, 9.17) is 4.74 Å². The fourth-order valence-corrected chi connectivity index (χ4v) is 4.03. The van der Waals surface area contributed by atoms with Crippen molar-refractivity contribution in [1.82, 2.24) is 14.8 Å². The molecule has 34 heavy (non-hydrogen) atoms. The van der Waals surface area contributed by atoms with Gasteiger partial charge in [0.15, 0.2) is 22.5 Å². The average molecular weight is 474 g/mol. The third-order valence-corrected chi connectivity index (χ3v) is 5.91. The van der Waals surface area contributed by atoms with Gasteiger partial charge in [-0.25, -0.2) is 4.39 Å². The predicted octanol–water partition coefficient (Wildman–Crippen LogP) is 4.98. The number of aromatic nitrogens is 3. The summed E-state index contributed by atoms with van der Waals surface area (Å²) >= 11 is 1.22. The highest BCUT2D eigenvalue weighted by molar-refractivity contribution is 8.00. The van der Waals surface area contributed by atoms with Crippen LogP contribution in [0.15, 0.2) is 84.0 Å². The number of para-hydroxylation sites is 3. The van der Waals surface area contributed by atoms with Crippen LogP contribution < -0.4 is 10.1 Å². The number of nitriles is 1. The summed E-state index contributed by atoms with van der Waals surface area (Å²) in [4.78, 5) is 12.8. The lowest BCUT2D eigenvalue weighted by Crippen LogP contribution is -2.23. The summed E-state index contributed by atoms with van der Waals surface area (Å²) in [6, 6.07) is 24.4. The lowest BCUT2D eigenvalue weighted by Gasteiger charge is -2.14. The molecule has 4 rings (SSSR count). The highest BCUT2D eigenvalue weighted by Crippen LogP contribution is 2.28. The minimum atomic E-state index is -0.543. The number of amides is 1. The van der Waals surface area contributed by atoms with Gasteiger partial charge in [-0.1, -0.05) is 54.2 Å². The Morgan fingerprint density at radius 2 is 1.79 bits per heavy atom. The maximum Gasteiger partial charge on any atom is 0.237 e. The molecule has 0 radical (unpaired) electrons. The first-order valence-corrected chi connectivity index (χ1v) is 11.3. The van der Waals surface area contributed by atoms with Gasteiger partial charge >= 0.3 is 0 Å². The summed E-state index contributed by atoms with van der Waals surface area (Å²) < 4.78 is 21.4. The van der Waals surface area contributed by atoms with Gasteiger partial charge in [0, 0.05) is 5.69 Å². The quantitative estimate of drug-likeness (QED) is 0.363. The minimum Gasteiger partial charge on any atom is -0.483 e. The topological polar surface area (TPSA) is 92.8 Å². The molecule has 0 fully saturated rings. The molecule has 1 unspecified atom stereocenters. The van der Waals surface area contributed by atoms with Gasteiger partial charge in [0.05, 0.1) is 16.5 Å². The third kappa shape index (κ3) is 5.24. The number of benzene rings is 3. The Bertz CT molecular complexity index is 1340. The number of hydrogen-bond donors (Lipinski definition) is 1. The summed E-state index contributed by atoms with van der Waals surface area (Å²) in [6.07, 6.45) is 0. The summed E-state index contributed by atoms with van der Waals surface area (Å²) in [5, 5.41) is 20.5. The first-order valence-electron chi connectivity index (χ1n) is 10.4. The molecule has 1 amide bonds. The number of thioether (sulfide) groups is 1. The molecule has 3 aromatic carbocycles. The number of carbonyl (C=O) groups is 1. The number of carbonyl (C=O) groups excluding carboxylic acids is 1. The van der Waals surface area contributed by atoms with Crippen molar-refractivity contribution in [3.8, 4) is 17.5 Å². The predicted molar refractivity (Wildman–Crippen MR) is 127 cm³/mol. The van der Waals surface area contributed by atoms with Crippen LogP contribution in [-0.4, -0.2) is 25.9 Å². The third-order valence-electron chi connectivity index (χ3n) is 4.86. The van der Waals surface area contributed by atoms with E-state index in [9.17, 15) is 14.4 Å². The van der Waals surface area contributed by atoms with Crippen LogP contribution >= 0.6 is 11.8 Å². The monoisotopic (exact) mass is 473 g/mol. The van der Waals surface area contributed by atoms with Crippen molar-refractivity contribution in [3.63, 3.8) is 0 Å². The second-order valence-electron chi connectivity index (χ2n) is 7.20. The molecule has 1 N–H and O–H groups in total. The Morgan fingerprint density at radius 1 is 1.09 bits per heavy atom. The van der Waals surface area contributed by atoms with Crippen molar-refractivity contribution < 1.29 is 13.9 Å².